The third kappa shape index (κ3) is 5.13. The minimum absolute atomic E-state index is 0.0187. The molecule has 3 aromatic rings. The van der Waals surface area contributed by atoms with E-state index in [2.05, 4.69) is 33.4 Å². The quantitative estimate of drug-likeness (QED) is 0.242. The molecule has 0 amide bonds. The van der Waals surface area contributed by atoms with Gasteiger partial charge in [-0.1, -0.05) is 25.3 Å². The molecule has 5 rings (SSSR count). The zero-order valence-corrected chi connectivity index (χ0v) is 24.3. The lowest BCUT2D eigenvalue weighted by molar-refractivity contribution is -0.138. The van der Waals surface area contributed by atoms with E-state index in [0.717, 1.165) is 78.0 Å². The number of H-pyrrole nitrogens is 3. The van der Waals surface area contributed by atoms with Gasteiger partial charge in [-0.3, -0.25) is 9.59 Å². The van der Waals surface area contributed by atoms with Gasteiger partial charge in [0.05, 0.1) is 0 Å². The molecule has 0 fully saturated rings. The molecule has 0 radical (unpaired) electrons. The van der Waals surface area contributed by atoms with Gasteiger partial charge in [-0.05, 0) is 92.2 Å². The normalized spacial score (nSPS) is 18.6. The van der Waals surface area contributed by atoms with Gasteiger partial charge in [-0.25, -0.2) is 0 Å². The number of aromatic nitrogens is 3. The van der Waals surface area contributed by atoms with Crippen LogP contribution >= 0.6 is 0 Å². The standard InChI is InChI=1S/C33H36N4O5/c1-7-20-19(6)32-37-27(20)14-25-18(5)23(10-12-31(40)41)29(35-25)15-28-22(9-11-30(38)39)17(4)24(34-28)13-26-16(3)21(8-2)33(36-26)42-32/h7-8,13-15,32,34-37H,1-2,9-12H2,3-6H3,(H,38,39)(H,40,41)/b24-13-,27-14-,28-15-. The zero-order valence-electron chi connectivity index (χ0n) is 24.3. The summed E-state index contributed by atoms with van der Waals surface area (Å²) in [5, 5.41) is 24.0. The Morgan fingerprint density at radius 3 is 2.10 bits per heavy atom. The first kappa shape index (κ1) is 28.6. The van der Waals surface area contributed by atoms with Crippen LogP contribution in [0.4, 0.5) is 0 Å². The van der Waals surface area contributed by atoms with Gasteiger partial charge < -0.3 is 35.2 Å². The van der Waals surface area contributed by atoms with E-state index in [1.54, 1.807) is 12.2 Å². The van der Waals surface area contributed by atoms with Crippen molar-refractivity contribution < 1.29 is 24.5 Å². The maximum Gasteiger partial charge on any atom is 0.303 e. The van der Waals surface area contributed by atoms with Crippen molar-refractivity contribution in [3.63, 3.8) is 0 Å². The highest BCUT2D eigenvalue weighted by molar-refractivity contribution is 5.71. The lowest BCUT2D eigenvalue weighted by Crippen LogP contribution is -2.30. The lowest BCUT2D eigenvalue weighted by Gasteiger charge is -2.16. The van der Waals surface area contributed by atoms with E-state index in [-0.39, 0.29) is 12.8 Å². The predicted molar refractivity (Wildman–Crippen MR) is 163 cm³/mol. The Kier molecular flexibility index (Phi) is 7.60. The van der Waals surface area contributed by atoms with Crippen molar-refractivity contribution in [1.29, 1.82) is 0 Å². The Hall–Kier alpha value is -4.92. The fourth-order valence-corrected chi connectivity index (χ4v) is 5.82. The van der Waals surface area contributed by atoms with Crippen LogP contribution < -0.4 is 20.8 Å². The predicted octanol–water partition coefficient (Wildman–Crippen LogP) is 4.10. The van der Waals surface area contributed by atoms with E-state index >= 15 is 0 Å². The van der Waals surface area contributed by atoms with Gasteiger partial charge in [0, 0.05) is 57.5 Å². The fourth-order valence-electron chi connectivity index (χ4n) is 5.82. The van der Waals surface area contributed by atoms with Crippen LogP contribution in [0, 0.1) is 20.8 Å². The van der Waals surface area contributed by atoms with Gasteiger partial charge in [0.15, 0.2) is 6.23 Å². The van der Waals surface area contributed by atoms with Crippen molar-refractivity contribution in [3.8, 4) is 5.88 Å². The molecule has 0 saturated carbocycles. The molecule has 9 nitrogen and oxygen atoms in total. The van der Waals surface area contributed by atoms with Crippen molar-refractivity contribution in [3.05, 3.63) is 97.2 Å². The van der Waals surface area contributed by atoms with Crippen LogP contribution in [0.5, 0.6) is 5.88 Å². The van der Waals surface area contributed by atoms with Crippen LogP contribution in [-0.2, 0) is 22.4 Å². The molecule has 1 atom stereocenters. The summed E-state index contributed by atoms with van der Waals surface area (Å²) in [6.07, 6.45) is 9.72. The number of allylic oxidation sites excluding steroid dienone is 1. The Morgan fingerprint density at radius 2 is 1.45 bits per heavy atom. The first-order valence-electron chi connectivity index (χ1n) is 13.9. The van der Waals surface area contributed by atoms with Crippen molar-refractivity contribution in [1.82, 2.24) is 20.3 Å². The number of rotatable bonds is 8. The summed E-state index contributed by atoms with van der Waals surface area (Å²) >= 11 is 0. The molecule has 6 N–H and O–H groups in total. The fraction of sp³-hybridized carbons (Fsp3) is 0.273. The van der Waals surface area contributed by atoms with Crippen LogP contribution in [0.25, 0.3) is 24.3 Å². The van der Waals surface area contributed by atoms with Crippen molar-refractivity contribution in [2.24, 2.45) is 0 Å². The molecule has 42 heavy (non-hydrogen) atoms. The Labute approximate surface area is 243 Å². The summed E-state index contributed by atoms with van der Waals surface area (Å²) in [6, 6.07) is 0. The molecule has 5 heterocycles. The number of aromatic amines is 3. The number of ether oxygens (including phenoxy) is 1. The summed E-state index contributed by atoms with van der Waals surface area (Å²) in [4.78, 5) is 33.5. The average molecular weight is 569 g/mol. The van der Waals surface area contributed by atoms with Gasteiger partial charge in [-0.15, -0.1) is 0 Å². The number of hydrogen-bond acceptors (Lipinski definition) is 4. The first-order valence-corrected chi connectivity index (χ1v) is 13.9. The van der Waals surface area contributed by atoms with E-state index in [1.165, 1.54) is 0 Å². The summed E-state index contributed by atoms with van der Waals surface area (Å²) in [5.74, 6) is -1.17. The second kappa shape index (κ2) is 11.2. The molecule has 0 saturated heterocycles. The number of carboxylic acids is 2. The molecular weight excluding hydrogens is 532 g/mol. The molecule has 0 spiro atoms. The number of fused-ring (bicyclic) bond motifs is 8. The zero-order chi connectivity index (χ0) is 30.3. The molecule has 218 valence electrons. The number of aliphatic carboxylic acids is 2. The number of carbonyl (C=O) groups is 2. The second-order valence-corrected chi connectivity index (χ2v) is 10.8. The smallest absolute Gasteiger partial charge is 0.303 e. The highest BCUT2D eigenvalue weighted by Gasteiger charge is 2.28. The van der Waals surface area contributed by atoms with E-state index in [4.69, 9.17) is 4.74 Å². The largest absolute Gasteiger partial charge is 0.481 e. The maximum atomic E-state index is 11.5. The average Bonchev–Trinajstić information content (AvgIpc) is 3.59. The molecule has 2 aliphatic rings. The highest BCUT2D eigenvalue weighted by atomic mass is 16.5. The van der Waals surface area contributed by atoms with Gasteiger partial charge in [0.1, 0.15) is 0 Å². The summed E-state index contributed by atoms with van der Waals surface area (Å²) in [7, 11) is 0. The maximum absolute atomic E-state index is 11.5. The van der Waals surface area contributed by atoms with Crippen LogP contribution in [0.1, 0.15) is 70.2 Å². The van der Waals surface area contributed by atoms with Crippen molar-refractivity contribution in [2.75, 3.05) is 0 Å². The van der Waals surface area contributed by atoms with Gasteiger partial charge in [0.2, 0.25) is 5.88 Å². The van der Waals surface area contributed by atoms with Gasteiger partial charge >= 0.3 is 11.9 Å². The van der Waals surface area contributed by atoms with Crippen molar-refractivity contribution >= 4 is 36.2 Å². The number of nitrogens with one attached hydrogen (secondary N) is 4. The molecule has 0 aliphatic carbocycles. The van der Waals surface area contributed by atoms with Crippen molar-refractivity contribution in [2.45, 2.75) is 59.6 Å². The first-order chi connectivity index (χ1) is 20.0. The van der Waals surface area contributed by atoms with E-state index in [1.807, 2.05) is 45.9 Å². The Bertz CT molecular complexity index is 1830. The molecule has 0 aromatic carbocycles. The van der Waals surface area contributed by atoms with E-state index in [0.29, 0.717) is 18.7 Å². The summed E-state index contributed by atoms with van der Waals surface area (Å²) in [5.41, 5.74) is 10.7. The van der Waals surface area contributed by atoms with Crippen LogP contribution in [0.3, 0.4) is 0 Å². The Morgan fingerprint density at radius 1 is 0.810 bits per heavy atom. The number of hydrogen-bond donors (Lipinski definition) is 6. The highest BCUT2D eigenvalue weighted by Crippen LogP contribution is 2.33. The molecule has 1 unspecified atom stereocenters. The third-order valence-corrected chi connectivity index (χ3v) is 8.29. The molecule has 3 aromatic heterocycles. The second-order valence-electron chi connectivity index (χ2n) is 10.8. The molecule has 9 heteroatoms. The third-order valence-electron chi connectivity index (χ3n) is 8.29. The molecular formula is C33H36N4O5. The van der Waals surface area contributed by atoms with Crippen LogP contribution in [0.15, 0.2) is 36.1 Å². The van der Waals surface area contributed by atoms with Crippen LogP contribution in [0.2, 0.25) is 0 Å². The summed E-state index contributed by atoms with van der Waals surface area (Å²) in [6.45, 7) is 16.0. The molecule has 8 bridgehead atoms. The topological polar surface area (TPSA) is 143 Å². The SMILES string of the molecule is C=CC1=C(C)C2N/C1=C\c1[nH]c(c(CCC(=O)O)c1C)/C=c1\[nH]/c(c(C)c1CCC(=O)O)=C\c1[nH]c(c(C=C)c1C)O2. The minimum Gasteiger partial charge on any atom is -0.481 e. The Balaban J connectivity index is 1.83. The van der Waals surface area contributed by atoms with E-state index in [9.17, 15) is 19.8 Å². The van der Waals surface area contributed by atoms with Gasteiger partial charge in [0.25, 0.3) is 0 Å². The van der Waals surface area contributed by atoms with Gasteiger partial charge in [-0.2, -0.15) is 0 Å². The number of carboxylic acid groups (broad SMARTS) is 2. The lowest BCUT2D eigenvalue weighted by atomic mass is 10.0. The summed E-state index contributed by atoms with van der Waals surface area (Å²) < 4.78 is 6.48. The molecule has 2 aliphatic heterocycles. The monoisotopic (exact) mass is 568 g/mol. The van der Waals surface area contributed by atoms with Crippen LogP contribution in [-0.4, -0.2) is 43.3 Å². The van der Waals surface area contributed by atoms with E-state index < -0.39 is 18.2 Å². The minimum atomic E-state index is -0.876.